The van der Waals surface area contributed by atoms with Gasteiger partial charge in [-0.15, -0.1) is 0 Å². The number of benzene rings is 1. The monoisotopic (exact) mass is 410 g/mol. The number of rotatable bonds is 3. The van der Waals surface area contributed by atoms with Crippen LogP contribution in [0.1, 0.15) is 0 Å². The molecule has 0 bridgehead atoms. The van der Waals surface area contributed by atoms with E-state index in [-0.39, 0.29) is 16.7 Å². The fourth-order valence-electron chi connectivity index (χ4n) is 1.33. The number of hydrogen-bond donors (Lipinski definition) is 1. The Morgan fingerprint density at radius 2 is 2.05 bits per heavy atom. The van der Waals surface area contributed by atoms with Crippen molar-refractivity contribution in [3.63, 3.8) is 0 Å². The Morgan fingerprint density at radius 1 is 1.32 bits per heavy atom. The smallest absolute Gasteiger partial charge is 0.333 e. The second-order valence-electron chi connectivity index (χ2n) is 3.37. The molecule has 1 aromatic heterocycles. The van der Waals surface area contributed by atoms with Crippen molar-refractivity contribution in [2.45, 2.75) is 0 Å². The number of anilines is 2. The SMILES string of the molecule is O=[N+]([O-])c1c(Cl)ncnc1Nc1ccc(Cl)cc1I. The first-order valence-electron chi connectivity index (χ1n) is 4.86. The average molecular weight is 411 g/mol. The molecule has 2 rings (SSSR count). The van der Waals surface area contributed by atoms with Gasteiger partial charge >= 0.3 is 5.69 Å². The highest BCUT2D eigenvalue weighted by atomic mass is 127. The third-order valence-electron chi connectivity index (χ3n) is 2.14. The second-order valence-corrected chi connectivity index (χ2v) is 5.32. The summed E-state index contributed by atoms with van der Waals surface area (Å²) < 4.78 is 0.800. The number of halogens is 3. The van der Waals surface area contributed by atoms with Gasteiger partial charge in [-0.3, -0.25) is 10.1 Å². The van der Waals surface area contributed by atoms with E-state index in [0.717, 1.165) is 9.90 Å². The van der Waals surface area contributed by atoms with Crippen LogP contribution in [0.2, 0.25) is 10.2 Å². The Morgan fingerprint density at radius 3 is 2.68 bits per heavy atom. The second kappa shape index (κ2) is 5.85. The minimum atomic E-state index is -0.631. The van der Waals surface area contributed by atoms with E-state index < -0.39 is 4.92 Å². The van der Waals surface area contributed by atoms with Gasteiger partial charge in [-0.05, 0) is 40.8 Å². The molecular formula is C10H5Cl2IN4O2. The standard InChI is InChI=1S/C10H5Cl2IN4O2/c11-5-1-2-7(6(13)3-5)16-10-8(17(18)19)9(12)14-4-15-10/h1-4H,(H,14,15,16). The Hall–Kier alpha value is -1.19. The van der Waals surface area contributed by atoms with Crippen LogP contribution in [0.15, 0.2) is 24.5 Å². The van der Waals surface area contributed by atoms with Crippen LogP contribution >= 0.6 is 45.8 Å². The van der Waals surface area contributed by atoms with Gasteiger partial charge in [-0.2, -0.15) is 0 Å². The lowest BCUT2D eigenvalue weighted by molar-refractivity contribution is -0.384. The van der Waals surface area contributed by atoms with E-state index in [1.165, 1.54) is 0 Å². The average Bonchev–Trinajstić information content (AvgIpc) is 2.32. The Labute approximate surface area is 131 Å². The molecule has 0 atom stereocenters. The summed E-state index contributed by atoms with van der Waals surface area (Å²) in [6.07, 6.45) is 1.15. The molecule has 98 valence electrons. The highest BCUT2D eigenvalue weighted by molar-refractivity contribution is 14.1. The molecule has 0 aliphatic carbocycles. The molecular weight excluding hydrogens is 406 g/mol. The highest BCUT2D eigenvalue weighted by Gasteiger charge is 2.22. The quantitative estimate of drug-likeness (QED) is 0.357. The maximum atomic E-state index is 10.9. The first-order valence-corrected chi connectivity index (χ1v) is 6.69. The van der Waals surface area contributed by atoms with Crippen molar-refractivity contribution in [2.24, 2.45) is 0 Å². The number of aromatic nitrogens is 2. The summed E-state index contributed by atoms with van der Waals surface area (Å²) in [5.41, 5.74) is 0.276. The summed E-state index contributed by atoms with van der Waals surface area (Å²) in [4.78, 5) is 17.7. The molecule has 6 nitrogen and oxygen atoms in total. The van der Waals surface area contributed by atoms with E-state index >= 15 is 0 Å². The van der Waals surface area contributed by atoms with Crippen LogP contribution in [0.5, 0.6) is 0 Å². The van der Waals surface area contributed by atoms with E-state index in [1.807, 2.05) is 0 Å². The van der Waals surface area contributed by atoms with Crippen molar-refractivity contribution in [1.29, 1.82) is 0 Å². The lowest BCUT2D eigenvalue weighted by Gasteiger charge is -2.08. The molecule has 0 saturated carbocycles. The van der Waals surface area contributed by atoms with Gasteiger partial charge in [0.25, 0.3) is 0 Å². The third kappa shape index (κ3) is 3.23. The first-order chi connectivity index (χ1) is 8.99. The normalized spacial score (nSPS) is 10.3. The van der Waals surface area contributed by atoms with Crippen molar-refractivity contribution < 1.29 is 4.92 Å². The van der Waals surface area contributed by atoms with Gasteiger partial charge in [0.1, 0.15) is 6.33 Å². The zero-order chi connectivity index (χ0) is 14.0. The molecule has 0 radical (unpaired) electrons. The van der Waals surface area contributed by atoms with Crippen LogP contribution in [-0.4, -0.2) is 14.9 Å². The summed E-state index contributed by atoms with van der Waals surface area (Å²) >= 11 is 13.6. The summed E-state index contributed by atoms with van der Waals surface area (Å²) in [6.45, 7) is 0. The fraction of sp³-hybridized carbons (Fsp3) is 0. The van der Waals surface area contributed by atoms with Crippen molar-refractivity contribution in [1.82, 2.24) is 9.97 Å². The van der Waals surface area contributed by atoms with Crippen molar-refractivity contribution >= 4 is 63.0 Å². The molecule has 0 spiro atoms. The Bertz CT molecular complexity index is 653. The van der Waals surface area contributed by atoms with Gasteiger partial charge in [0, 0.05) is 8.59 Å². The highest BCUT2D eigenvalue weighted by Crippen LogP contribution is 2.32. The van der Waals surface area contributed by atoms with Gasteiger partial charge < -0.3 is 5.32 Å². The van der Waals surface area contributed by atoms with Crippen LogP contribution in [0, 0.1) is 13.7 Å². The van der Waals surface area contributed by atoms with Crippen LogP contribution in [-0.2, 0) is 0 Å². The molecule has 0 unspecified atom stereocenters. The van der Waals surface area contributed by atoms with E-state index in [9.17, 15) is 10.1 Å². The molecule has 0 fully saturated rings. The fourth-order valence-corrected chi connectivity index (χ4v) is 2.54. The largest absolute Gasteiger partial charge is 0.348 e. The van der Waals surface area contributed by atoms with Crippen LogP contribution in [0.25, 0.3) is 0 Å². The maximum Gasteiger partial charge on any atom is 0.348 e. The molecule has 1 aromatic carbocycles. The number of nitro groups is 1. The number of nitrogens with one attached hydrogen (secondary N) is 1. The molecule has 19 heavy (non-hydrogen) atoms. The van der Waals surface area contributed by atoms with Gasteiger partial charge in [0.15, 0.2) is 0 Å². The third-order valence-corrected chi connectivity index (χ3v) is 3.55. The summed E-state index contributed by atoms with van der Waals surface area (Å²) in [5, 5.41) is 14.2. The van der Waals surface area contributed by atoms with Crippen molar-refractivity contribution in [2.75, 3.05) is 5.32 Å². The van der Waals surface area contributed by atoms with E-state index in [2.05, 4.69) is 37.9 Å². The van der Waals surface area contributed by atoms with E-state index in [0.29, 0.717) is 10.7 Å². The topological polar surface area (TPSA) is 81.0 Å². The van der Waals surface area contributed by atoms with Gasteiger partial charge in [0.05, 0.1) is 10.6 Å². The van der Waals surface area contributed by atoms with Crippen LogP contribution in [0.4, 0.5) is 17.2 Å². The van der Waals surface area contributed by atoms with E-state index in [4.69, 9.17) is 23.2 Å². The summed E-state index contributed by atoms with van der Waals surface area (Å²) in [6, 6.07) is 5.09. The lowest BCUT2D eigenvalue weighted by Crippen LogP contribution is -2.02. The molecule has 0 aliphatic rings. The van der Waals surface area contributed by atoms with Gasteiger partial charge in [0.2, 0.25) is 11.0 Å². The zero-order valence-corrected chi connectivity index (χ0v) is 12.8. The Kier molecular flexibility index (Phi) is 4.38. The number of hydrogen-bond acceptors (Lipinski definition) is 5. The molecule has 1 N–H and O–H groups in total. The van der Waals surface area contributed by atoms with Crippen molar-refractivity contribution in [3.05, 3.63) is 48.4 Å². The minimum Gasteiger partial charge on any atom is -0.333 e. The Balaban J connectivity index is 2.44. The number of nitrogens with zero attached hydrogens (tertiary/aromatic N) is 3. The molecule has 0 amide bonds. The predicted octanol–water partition coefficient (Wildman–Crippen LogP) is 4.04. The first kappa shape index (κ1) is 14.2. The minimum absolute atomic E-state index is 0.0326. The van der Waals surface area contributed by atoms with Crippen LogP contribution < -0.4 is 5.32 Å². The predicted molar refractivity (Wildman–Crippen MR) is 81.1 cm³/mol. The molecule has 1 heterocycles. The van der Waals surface area contributed by atoms with Crippen LogP contribution in [0.3, 0.4) is 0 Å². The zero-order valence-electron chi connectivity index (χ0n) is 9.10. The molecule has 2 aromatic rings. The molecule has 0 saturated heterocycles. The molecule has 0 aliphatic heterocycles. The molecule has 9 heteroatoms. The van der Waals surface area contributed by atoms with Gasteiger partial charge in [-0.1, -0.05) is 23.2 Å². The summed E-state index contributed by atoms with van der Waals surface area (Å²) in [7, 11) is 0. The van der Waals surface area contributed by atoms with Gasteiger partial charge in [-0.25, -0.2) is 9.97 Å². The van der Waals surface area contributed by atoms with Crippen molar-refractivity contribution in [3.8, 4) is 0 Å². The van der Waals surface area contributed by atoms with E-state index in [1.54, 1.807) is 18.2 Å². The maximum absolute atomic E-state index is 10.9. The summed E-state index contributed by atoms with van der Waals surface area (Å²) in [5.74, 6) is 0.0326. The lowest BCUT2D eigenvalue weighted by atomic mass is 10.3.